The fourth-order valence-corrected chi connectivity index (χ4v) is 2.25. The van der Waals surface area contributed by atoms with Crippen LogP contribution in [0.25, 0.3) is 0 Å². The highest BCUT2D eigenvalue weighted by Crippen LogP contribution is 2.09. The fourth-order valence-electron chi connectivity index (χ4n) is 1.65. The SMILES string of the molecule is C1=NNC(=NCCCCCOc2ccccc2)SC1. The topological polar surface area (TPSA) is 46.0 Å². The minimum Gasteiger partial charge on any atom is -0.494 e. The summed E-state index contributed by atoms with van der Waals surface area (Å²) in [4.78, 5) is 4.45. The molecule has 1 aliphatic rings. The van der Waals surface area contributed by atoms with Crippen LogP contribution in [-0.2, 0) is 0 Å². The van der Waals surface area contributed by atoms with E-state index >= 15 is 0 Å². The monoisotopic (exact) mass is 277 g/mol. The zero-order valence-electron chi connectivity index (χ0n) is 10.9. The van der Waals surface area contributed by atoms with Crippen LogP contribution in [0.1, 0.15) is 19.3 Å². The number of unbranched alkanes of at least 4 members (excludes halogenated alkanes) is 2. The van der Waals surface area contributed by atoms with Crippen LogP contribution in [0.3, 0.4) is 0 Å². The summed E-state index contributed by atoms with van der Waals surface area (Å²) in [6.45, 7) is 1.63. The first-order chi connectivity index (χ1) is 9.45. The lowest BCUT2D eigenvalue weighted by atomic mass is 10.2. The molecule has 4 nitrogen and oxygen atoms in total. The van der Waals surface area contributed by atoms with Gasteiger partial charge in [0.05, 0.1) is 6.61 Å². The number of benzene rings is 1. The van der Waals surface area contributed by atoms with E-state index in [0.29, 0.717) is 0 Å². The lowest BCUT2D eigenvalue weighted by Gasteiger charge is -2.08. The van der Waals surface area contributed by atoms with E-state index in [1.807, 2.05) is 36.5 Å². The summed E-state index contributed by atoms with van der Waals surface area (Å²) in [5.74, 6) is 1.86. The molecule has 0 saturated heterocycles. The minimum absolute atomic E-state index is 0.776. The molecule has 0 aliphatic carbocycles. The van der Waals surface area contributed by atoms with Crippen molar-refractivity contribution in [1.82, 2.24) is 5.43 Å². The van der Waals surface area contributed by atoms with Crippen molar-refractivity contribution in [3.8, 4) is 5.75 Å². The number of ether oxygens (including phenoxy) is 1. The second-order valence-corrected chi connectivity index (χ2v) is 5.15. The van der Waals surface area contributed by atoms with Gasteiger partial charge in [0, 0.05) is 18.5 Å². The molecule has 0 saturated carbocycles. The molecule has 0 aromatic heterocycles. The van der Waals surface area contributed by atoms with Crippen molar-refractivity contribution in [3.63, 3.8) is 0 Å². The number of aliphatic imine (C=N–C) groups is 1. The number of hydrogen-bond acceptors (Lipinski definition) is 4. The molecule has 1 aromatic carbocycles. The van der Waals surface area contributed by atoms with E-state index in [4.69, 9.17) is 4.74 Å². The van der Waals surface area contributed by atoms with E-state index < -0.39 is 0 Å². The quantitative estimate of drug-likeness (QED) is 0.779. The third-order valence-electron chi connectivity index (χ3n) is 2.62. The Labute approximate surface area is 118 Å². The summed E-state index contributed by atoms with van der Waals surface area (Å²) in [5, 5.41) is 4.91. The van der Waals surface area contributed by atoms with Crippen molar-refractivity contribution in [2.24, 2.45) is 10.1 Å². The summed E-state index contributed by atoms with van der Waals surface area (Å²) >= 11 is 1.69. The molecular weight excluding hydrogens is 258 g/mol. The van der Waals surface area contributed by atoms with Gasteiger partial charge in [-0.15, -0.1) is 0 Å². The van der Waals surface area contributed by atoms with Crippen LogP contribution in [0.5, 0.6) is 5.75 Å². The van der Waals surface area contributed by atoms with Gasteiger partial charge >= 0.3 is 0 Å². The van der Waals surface area contributed by atoms with Gasteiger partial charge < -0.3 is 4.74 Å². The first-order valence-electron chi connectivity index (χ1n) is 6.58. The second kappa shape index (κ2) is 8.58. The summed E-state index contributed by atoms with van der Waals surface area (Å²) < 4.78 is 5.63. The smallest absolute Gasteiger partial charge is 0.177 e. The molecule has 5 heteroatoms. The zero-order chi connectivity index (χ0) is 13.2. The van der Waals surface area contributed by atoms with Gasteiger partial charge in [0.15, 0.2) is 5.17 Å². The first-order valence-corrected chi connectivity index (χ1v) is 7.56. The van der Waals surface area contributed by atoms with Gasteiger partial charge in [-0.3, -0.25) is 10.4 Å². The summed E-state index contributed by atoms with van der Waals surface area (Å²) in [6, 6.07) is 9.94. The van der Waals surface area contributed by atoms with Crippen molar-refractivity contribution in [1.29, 1.82) is 0 Å². The van der Waals surface area contributed by atoms with Gasteiger partial charge in [0.1, 0.15) is 5.75 Å². The van der Waals surface area contributed by atoms with Gasteiger partial charge in [-0.05, 0) is 31.4 Å². The summed E-state index contributed by atoms with van der Waals surface area (Å²) in [5.41, 5.74) is 2.90. The van der Waals surface area contributed by atoms with E-state index in [1.54, 1.807) is 11.8 Å². The van der Waals surface area contributed by atoms with E-state index in [9.17, 15) is 0 Å². The van der Waals surface area contributed by atoms with Crippen LogP contribution in [-0.4, -0.2) is 30.3 Å². The predicted octanol–water partition coefficient (Wildman–Crippen LogP) is 2.91. The van der Waals surface area contributed by atoms with E-state index in [0.717, 1.165) is 49.1 Å². The van der Waals surface area contributed by atoms with Gasteiger partial charge in [-0.25, -0.2) is 0 Å². The van der Waals surface area contributed by atoms with E-state index in [2.05, 4.69) is 15.5 Å². The standard InChI is InChI=1S/C14H19N3OS/c1-3-7-13(8-4-1)18-11-6-2-5-9-15-14-17-16-10-12-19-14/h1,3-4,7-8,10H,2,5-6,9,11-12H2,(H,15,17). The Kier molecular flexibility index (Phi) is 6.29. The van der Waals surface area contributed by atoms with E-state index in [-0.39, 0.29) is 0 Å². The number of thioether (sulfide) groups is 1. The molecule has 0 spiro atoms. The average molecular weight is 277 g/mol. The highest BCUT2D eigenvalue weighted by molar-refractivity contribution is 8.14. The maximum atomic E-state index is 5.63. The van der Waals surface area contributed by atoms with Gasteiger partial charge in [-0.1, -0.05) is 30.0 Å². The Morgan fingerprint density at radius 3 is 2.89 bits per heavy atom. The maximum absolute atomic E-state index is 5.63. The van der Waals surface area contributed by atoms with Gasteiger partial charge in [0.2, 0.25) is 0 Å². The average Bonchev–Trinajstić information content (AvgIpc) is 2.48. The largest absolute Gasteiger partial charge is 0.494 e. The lowest BCUT2D eigenvalue weighted by Crippen LogP contribution is -2.19. The molecule has 1 heterocycles. The summed E-state index contributed by atoms with van der Waals surface area (Å²) in [7, 11) is 0. The van der Waals surface area contributed by atoms with Gasteiger partial charge in [-0.2, -0.15) is 5.10 Å². The molecule has 0 bridgehead atoms. The second-order valence-electron chi connectivity index (χ2n) is 4.14. The third kappa shape index (κ3) is 5.79. The van der Waals surface area contributed by atoms with Crippen LogP contribution < -0.4 is 10.2 Å². The molecule has 0 radical (unpaired) electrons. The number of nitrogens with zero attached hydrogens (tertiary/aromatic N) is 2. The first kappa shape index (κ1) is 13.9. The number of amidine groups is 1. The van der Waals surface area contributed by atoms with E-state index in [1.165, 1.54) is 0 Å². The third-order valence-corrected chi connectivity index (χ3v) is 3.43. The predicted molar refractivity (Wildman–Crippen MR) is 82.2 cm³/mol. The van der Waals surface area contributed by atoms with Crippen molar-refractivity contribution >= 4 is 23.1 Å². The minimum atomic E-state index is 0.776. The Morgan fingerprint density at radius 2 is 2.11 bits per heavy atom. The normalized spacial score (nSPS) is 16.3. The number of para-hydroxylation sites is 1. The van der Waals surface area contributed by atoms with Crippen molar-refractivity contribution in [3.05, 3.63) is 30.3 Å². The molecule has 102 valence electrons. The summed E-state index contributed by atoms with van der Waals surface area (Å²) in [6.07, 6.45) is 5.15. The number of rotatable bonds is 7. The van der Waals surface area contributed by atoms with Gasteiger partial charge in [0.25, 0.3) is 0 Å². The molecule has 19 heavy (non-hydrogen) atoms. The molecule has 0 atom stereocenters. The Hall–Kier alpha value is -1.49. The highest BCUT2D eigenvalue weighted by Gasteiger charge is 2.01. The van der Waals surface area contributed by atoms with Crippen LogP contribution >= 0.6 is 11.8 Å². The molecule has 0 fully saturated rings. The zero-order valence-corrected chi connectivity index (χ0v) is 11.7. The lowest BCUT2D eigenvalue weighted by molar-refractivity contribution is 0.305. The molecule has 1 N–H and O–H groups in total. The van der Waals surface area contributed by atoms with Crippen LogP contribution in [0.15, 0.2) is 40.4 Å². The molecule has 2 rings (SSSR count). The molecule has 1 aromatic rings. The maximum Gasteiger partial charge on any atom is 0.177 e. The van der Waals surface area contributed by atoms with Crippen LogP contribution in [0, 0.1) is 0 Å². The highest BCUT2D eigenvalue weighted by atomic mass is 32.2. The number of hydrazone groups is 1. The molecule has 0 unspecified atom stereocenters. The Bertz CT molecular complexity index is 420. The molecular formula is C14H19N3OS. The molecule has 0 amide bonds. The van der Waals surface area contributed by atoms with Crippen molar-refractivity contribution in [2.75, 3.05) is 18.9 Å². The Morgan fingerprint density at radius 1 is 1.21 bits per heavy atom. The fraction of sp³-hybridized carbons (Fsp3) is 0.429. The van der Waals surface area contributed by atoms with Crippen molar-refractivity contribution in [2.45, 2.75) is 19.3 Å². The number of hydrogen-bond donors (Lipinski definition) is 1. The molecule has 1 aliphatic heterocycles. The Balaban J connectivity index is 1.49. The van der Waals surface area contributed by atoms with Crippen molar-refractivity contribution < 1.29 is 4.74 Å². The number of nitrogens with one attached hydrogen (secondary N) is 1. The van der Waals surface area contributed by atoms with Crippen LogP contribution in [0.4, 0.5) is 0 Å². The van der Waals surface area contributed by atoms with Crippen LogP contribution in [0.2, 0.25) is 0 Å².